The first-order valence-corrected chi connectivity index (χ1v) is 11.8. The van der Waals surface area contributed by atoms with Gasteiger partial charge in [0, 0.05) is 42.7 Å². The molecule has 1 aromatic carbocycles. The van der Waals surface area contributed by atoms with Crippen LogP contribution in [0.3, 0.4) is 0 Å². The Balaban J connectivity index is 0.00000117. The lowest BCUT2D eigenvalue weighted by Gasteiger charge is -2.36. The first kappa shape index (κ1) is 21.9. The summed E-state index contributed by atoms with van der Waals surface area (Å²) in [4.78, 5) is 15.4. The molecule has 2 aliphatic heterocycles. The molecule has 1 amide bonds. The fraction of sp³-hybridized carbons (Fsp3) is 0.640. The minimum atomic E-state index is 0.00189. The van der Waals surface area contributed by atoms with Gasteiger partial charge in [-0.05, 0) is 37.5 Å². The molecular weight excluding hydrogens is 358 g/mol. The van der Waals surface area contributed by atoms with Crippen molar-refractivity contribution < 1.29 is 10.1 Å². The SMILES string of the molecule is CC.CCCCCN(C(=O)[C@@H]1C=C2c3cccc4c3C(CN4)C[C@H]2[NH2+]C1)C(C)C. The third kappa shape index (κ3) is 4.37. The molecule has 0 saturated heterocycles. The largest absolute Gasteiger partial charge is 0.384 e. The Morgan fingerprint density at radius 2 is 2.07 bits per heavy atom. The maximum atomic E-state index is 13.3. The van der Waals surface area contributed by atoms with Gasteiger partial charge in [0.1, 0.15) is 12.0 Å². The molecule has 1 aliphatic carbocycles. The number of nitrogens with zero attached hydrogens (tertiary/aromatic N) is 1. The van der Waals surface area contributed by atoms with Crippen molar-refractivity contribution in [3.05, 3.63) is 35.4 Å². The zero-order valence-corrected chi connectivity index (χ0v) is 19.0. The summed E-state index contributed by atoms with van der Waals surface area (Å²) in [6.07, 6.45) is 6.99. The first-order valence-electron chi connectivity index (χ1n) is 11.8. The summed E-state index contributed by atoms with van der Waals surface area (Å²) in [5.41, 5.74) is 5.57. The summed E-state index contributed by atoms with van der Waals surface area (Å²) in [5.74, 6) is 0.946. The number of carbonyl (C=O) groups is 1. The molecule has 160 valence electrons. The van der Waals surface area contributed by atoms with Crippen molar-refractivity contribution in [3.8, 4) is 0 Å². The van der Waals surface area contributed by atoms with Gasteiger partial charge in [-0.3, -0.25) is 4.79 Å². The number of hydrogen-bond acceptors (Lipinski definition) is 2. The van der Waals surface area contributed by atoms with Crippen LogP contribution in [0.4, 0.5) is 5.69 Å². The zero-order valence-electron chi connectivity index (χ0n) is 19.0. The molecule has 4 rings (SSSR count). The highest BCUT2D eigenvalue weighted by molar-refractivity contribution is 5.87. The van der Waals surface area contributed by atoms with E-state index in [4.69, 9.17) is 0 Å². The maximum Gasteiger partial charge on any atom is 0.235 e. The normalized spacial score (nSPS) is 23.9. The van der Waals surface area contributed by atoms with Gasteiger partial charge < -0.3 is 15.5 Å². The van der Waals surface area contributed by atoms with E-state index in [0.717, 1.165) is 26.1 Å². The van der Waals surface area contributed by atoms with E-state index in [2.05, 4.69) is 60.6 Å². The Kier molecular flexibility index (Phi) is 7.39. The van der Waals surface area contributed by atoms with Gasteiger partial charge in [-0.1, -0.05) is 51.8 Å². The monoisotopic (exact) mass is 398 g/mol. The van der Waals surface area contributed by atoms with E-state index in [1.165, 1.54) is 41.6 Å². The minimum Gasteiger partial charge on any atom is -0.384 e. The highest BCUT2D eigenvalue weighted by Crippen LogP contribution is 2.45. The number of benzene rings is 1. The van der Waals surface area contributed by atoms with Crippen molar-refractivity contribution in [2.45, 2.75) is 78.3 Å². The molecule has 0 bridgehead atoms. The highest BCUT2D eigenvalue weighted by Gasteiger charge is 2.41. The second-order valence-electron chi connectivity index (χ2n) is 8.72. The first-order chi connectivity index (χ1) is 14.1. The van der Waals surface area contributed by atoms with Gasteiger partial charge in [-0.2, -0.15) is 0 Å². The Hall–Kier alpha value is -1.81. The Bertz CT molecular complexity index is 740. The molecule has 1 aromatic rings. The van der Waals surface area contributed by atoms with Gasteiger partial charge in [0.05, 0.1) is 6.54 Å². The van der Waals surface area contributed by atoms with E-state index in [-0.39, 0.29) is 12.0 Å². The number of amides is 1. The number of rotatable bonds is 6. The third-order valence-corrected chi connectivity index (χ3v) is 6.58. The average Bonchev–Trinajstić information content (AvgIpc) is 3.16. The van der Waals surface area contributed by atoms with E-state index in [1.807, 2.05) is 13.8 Å². The predicted octanol–water partition coefficient (Wildman–Crippen LogP) is 4.00. The second kappa shape index (κ2) is 9.80. The molecule has 0 fully saturated rings. The van der Waals surface area contributed by atoms with Gasteiger partial charge in [0.15, 0.2) is 0 Å². The van der Waals surface area contributed by atoms with Crippen LogP contribution in [0, 0.1) is 5.92 Å². The summed E-state index contributed by atoms with van der Waals surface area (Å²) in [5, 5.41) is 6.00. The number of nitrogens with one attached hydrogen (secondary N) is 1. The summed E-state index contributed by atoms with van der Waals surface area (Å²) in [6, 6.07) is 7.39. The molecule has 29 heavy (non-hydrogen) atoms. The van der Waals surface area contributed by atoms with E-state index >= 15 is 0 Å². The molecule has 3 N–H and O–H groups in total. The number of hydrogen-bond donors (Lipinski definition) is 2. The van der Waals surface area contributed by atoms with Crippen molar-refractivity contribution in [2.24, 2.45) is 5.92 Å². The van der Waals surface area contributed by atoms with E-state index in [9.17, 15) is 4.79 Å². The third-order valence-electron chi connectivity index (χ3n) is 6.58. The number of carbonyl (C=O) groups excluding carboxylic acids is 1. The van der Waals surface area contributed by atoms with Crippen molar-refractivity contribution in [1.29, 1.82) is 0 Å². The minimum absolute atomic E-state index is 0.00189. The number of fused-ring (bicyclic) bond motifs is 2. The Morgan fingerprint density at radius 3 is 2.79 bits per heavy atom. The highest BCUT2D eigenvalue weighted by atomic mass is 16.2. The van der Waals surface area contributed by atoms with Gasteiger partial charge in [-0.25, -0.2) is 0 Å². The predicted molar refractivity (Wildman–Crippen MR) is 122 cm³/mol. The van der Waals surface area contributed by atoms with Gasteiger partial charge in [-0.15, -0.1) is 0 Å². The number of nitrogens with two attached hydrogens (primary N) is 1. The molecular formula is C25H40N3O+. The average molecular weight is 399 g/mol. The van der Waals surface area contributed by atoms with Crippen LogP contribution < -0.4 is 10.6 Å². The molecule has 0 aromatic heterocycles. The number of quaternary nitrogens is 1. The fourth-order valence-corrected chi connectivity index (χ4v) is 5.15. The van der Waals surface area contributed by atoms with Crippen LogP contribution in [0.15, 0.2) is 24.3 Å². The van der Waals surface area contributed by atoms with Crippen LogP contribution in [0.25, 0.3) is 5.57 Å². The molecule has 1 unspecified atom stereocenters. The van der Waals surface area contributed by atoms with Gasteiger partial charge in [0.2, 0.25) is 5.91 Å². The van der Waals surface area contributed by atoms with Crippen LogP contribution in [-0.2, 0) is 4.79 Å². The van der Waals surface area contributed by atoms with Crippen LogP contribution >= 0.6 is 0 Å². The zero-order chi connectivity index (χ0) is 21.0. The van der Waals surface area contributed by atoms with E-state index in [1.54, 1.807) is 0 Å². The van der Waals surface area contributed by atoms with Gasteiger partial charge >= 0.3 is 0 Å². The summed E-state index contributed by atoms with van der Waals surface area (Å²) in [6.45, 7) is 13.3. The lowest BCUT2D eigenvalue weighted by atomic mass is 9.75. The Labute approximate surface area is 177 Å². The van der Waals surface area contributed by atoms with Crippen molar-refractivity contribution in [2.75, 3.05) is 25.0 Å². The number of anilines is 1. The molecule has 0 spiro atoms. The molecule has 4 heteroatoms. The van der Waals surface area contributed by atoms with Crippen LogP contribution in [0.5, 0.6) is 0 Å². The second-order valence-corrected chi connectivity index (χ2v) is 8.72. The lowest BCUT2D eigenvalue weighted by Crippen LogP contribution is -2.93. The summed E-state index contributed by atoms with van der Waals surface area (Å²) in [7, 11) is 0. The van der Waals surface area contributed by atoms with Crippen molar-refractivity contribution in [1.82, 2.24) is 4.90 Å². The number of unbranched alkanes of at least 4 members (excludes halogenated alkanes) is 2. The van der Waals surface area contributed by atoms with E-state index < -0.39 is 0 Å². The molecule has 2 heterocycles. The maximum absolute atomic E-state index is 13.3. The van der Waals surface area contributed by atoms with Crippen molar-refractivity contribution in [3.63, 3.8) is 0 Å². The molecule has 4 nitrogen and oxygen atoms in total. The fourth-order valence-electron chi connectivity index (χ4n) is 5.15. The van der Waals surface area contributed by atoms with Crippen LogP contribution in [0.2, 0.25) is 0 Å². The van der Waals surface area contributed by atoms with E-state index in [0.29, 0.717) is 17.9 Å². The topological polar surface area (TPSA) is 49.0 Å². The summed E-state index contributed by atoms with van der Waals surface area (Å²) < 4.78 is 0. The lowest BCUT2D eigenvalue weighted by molar-refractivity contribution is -0.682. The molecule has 0 saturated carbocycles. The molecule has 3 atom stereocenters. The quantitative estimate of drug-likeness (QED) is 0.712. The standard InChI is InChI=1S/C23H33N3O.C2H6/c1-4-5-6-10-26(15(2)3)23(27)17-11-19-18-8-7-9-20-22(18)16(13-24-20)12-21(19)25-14-17;1-2/h7-9,11,15-17,21,24-25H,4-6,10,12-14H2,1-3H3;1-2H3/p+1/t16?,17-,21-;/m1./s1. The van der Waals surface area contributed by atoms with Crippen LogP contribution in [0.1, 0.15) is 77.3 Å². The molecule has 3 aliphatic rings. The van der Waals surface area contributed by atoms with Crippen LogP contribution in [-0.4, -0.2) is 42.5 Å². The van der Waals surface area contributed by atoms with Crippen molar-refractivity contribution >= 4 is 17.2 Å². The molecule has 0 radical (unpaired) electrons. The summed E-state index contributed by atoms with van der Waals surface area (Å²) >= 11 is 0. The Morgan fingerprint density at radius 1 is 1.28 bits per heavy atom. The van der Waals surface area contributed by atoms with Gasteiger partial charge in [0.25, 0.3) is 0 Å². The smallest absolute Gasteiger partial charge is 0.235 e.